The van der Waals surface area contributed by atoms with Crippen LogP contribution in [0.2, 0.25) is 0 Å². The molecule has 9 nitrogen and oxygen atoms in total. The van der Waals surface area contributed by atoms with Crippen molar-refractivity contribution >= 4 is 39.8 Å². The van der Waals surface area contributed by atoms with E-state index >= 15 is 0 Å². The van der Waals surface area contributed by atoms with Crippen LogP contribution in [0.4, 0.5) is 17.5 Å². The summed E-state index contributed by atoms with van der Waals surface area (Å²) in [5, 5.41) is 23.1. The molecule has 0 aliphatic rings. The highest BCUT2D eigenvalue weighted by molar-refractivity contribution is 6.30. The van der Waals surface area contributed by atoms with Crippen molar-refractivity contribution in [1.29, 1.82) is 5.41 Å². The van der Waals surface area contributed by atoms with Gasteiger partial charge in [0.2, 0.25) is 0 Å². The molecule has 0 amide bonds. The number of allylic oxidation sites excluding steroid dienone is 1. The molecule has 0 aliphatic carbocycles. The summed E-state index contributed by atoms with van der Waals surface area (Å²) in [4.78, 5) is 13.3. The third-order valence-corrected chi connectivity index (χ3v) is 5.08. The van der Waals surface area contributed by atoms with Gasteiger partial charge in [-0.1, -0.05) is 13.8 Å². The molecule has 9 heteroatoms. The molecule has 0 fully saturated rings. The lowest BCUT2D eigenvalue weighted by atomic mass is 9.98. The zero-order chi connectivity index (χ0) is 23.4. The van der Waals surface area contributed by atoms with Gasteiger partial charge < -0.3 is 16.4 Å². The first-order valence-corrected chi connectivity index (χ1v) is 10.5. The van der Waals surface area contributed by atoms with Crippen molar-refractivity contribution in [2.24, 2.45) is 0 Å². The number of hydrogen-bond donors (Lipinski definition) is 4. The molecule has 4 aromatic rings. The molecule has 0 radical (unpaired) electrons. The minimum absolute atomic E-state index is 0.299. The molecule has 0 saturated carbocycles. The fourth-order valence-corrected chi connectivity index (χ4v) is 3.27. The maximum Gasteiger partial charge on any atom is 0.154 e. The second kappa shape index (κ2) is 9.39. The van der Waals surface area contributed by atoms with Crippen LogP contribution in [0.15, 0.2) is 61.2 Å². The van der Waals surface area contributed by atoms with Crippen molar-refractivity contribution in [2.75, 3.05) is 18.1 Å². The number of pyridine rings is 3. The molecule has 0 saturated heterocycles. The van der Waals surface area contributed by atoms with Gasteiger partial charge in [-0.15, -0.1) is 5.10 Å². The van der Waals surface area contributed by atoms with Gasteiger partial charge in [0, 0.05) is 42.3 Å². The van der Waals surface area contributed by atoms with Crippen LogP contribution in [-0.2, 0) is 0 Å². The molecular formula is C24H25N9. The molecule has 0 bridgehead atoms. The molecule has 166 valence electrons. The number of nitrogen functional groups attached to an aromatic ring is 1. The van der Waals surface area contributed by atoms with Gasteiger partial charge in [-0.25, -0.2) is 9.97 Å². The maximum atomic E-state index is 8.69. The Bertz CT molecular complexity index is 1330. The first-order chi connectivity index (χ1) is 15.9. The summed E-state index contributed by atoms with van der Waals surface area (Å²) in [5.41, 5.74) is 10.6. The van der Waals surface area contributed by atoms with Crippen molar-refractivity contribution < 1.29 is 0 Å². The Morgan fingerprint density at radius 1 is 0.970 bits per heavy atom. The van der Waals surface area contributed by atoms with E-state index in [2.05, 4.69) is 44.6 Å². The highest BCUT2D eigenvalue weighted by Crippen LogP contribution is 2.24. The van der Waals surface area contributed by atoms with Gasteiger partial charge in [0.15, 0.2) is 5.82 Å². The molecule has 33 heavy (non-hydrogen) atoms. The van der Waals surface area contributed by atoms with Gasteiger partial charge in [0.05, 0.1) is 22.9 Å². The first kappa shape index (κ1) is 21.8. The number of rotatable bonds is 7. The van der Waals surface area contributed by atoms with E-state index in [9.17, 15) is 0 Å². The van der Waals surface area contributed by atoms with Gasteiger partial charge in [0.25, 0.3) is 0 Å². The average molecular weight is 440 g/mol. The predicted molar refractivity (Wildman–Crippen MR) is 131 cm³/mol. The average Bonchev–Trinajstić information content (AvgIpc) is 2.82. The second-order valence-corrected chi connectivity index (χ2v) is 7.81. The lowest BCUT2D eigenvalue weighted by Crippen LogP contribution is -2.08. The monoisotopic (exact) mass is 439 g/mol. The van der Waals surface area contributed by atoms with E-state index in [1.54, 1.807) is 44.0 Å². The lowest BCUT2D eigenvalue weighted by molar-refractivity contribution is 0.843. The Hall–Kier alpha value is -4.40. The second-order valence-electron chi connectivity index (χ2n) is 7.81. The Morgan fingerprint density at radius 3 is 2.52 bits per heavy atom. The minimum atomic E-state index is 0.299. The Morgan fingerprint density at radius 2 is 1.79 bits per heavy atom. The van der Waals surface area contributed by atoms with Crippen LogP contribution < -0.4 is 16.4 Å². The normalized spacial score (nSPS) is 11.6. The zero-order valence-electron chi connectivity index (χ0n) is 18.7. The molecule has 5 N–H and O–H groups in total. The fraction of sp³-hybridized carbons (Fsp3) is 0.167. The Balaban J connectivity index is 1.67. The van der Waals surface area contributed by atoms with Crippen LogP contribution in [0.25, 0.3) is 16.6 Å². The van der Waals surface area contributed by atoms with E-state index < -0.39 is 0 Å². The topological polar surface area (TPSA) is 138 Å². The van der Waals surface area contributed by atoms with E-state index in [0.717, 1.165) is 16.6 Å². The summed E-state index contributed by atoms with van der Waals surface area (Å²) in [7, 11) is 1.79. The van der Waals surface area contributed by atoms with Crippen LogP contribution in [0.3, 0.4) is 0 Å². The van der Waals surface area contributed by atoms with Crippen molar-refractivity contribution in [3.8, 4) is 0 Å². The van der Waals surface area contributed by atoms with Gasteiger partial charge >= 0.3 is 0 Å². The zero-order valence-corrected chi connectivity index (χ0v) is 18.7. The van der Waals surface area contributed by atoms with E-state index in [4.69, 9.17) is 16.1 Å². The van der Waals surface area contributed by atoms with E-state index in [1.807, 2.05) is 24.3 Å². The highest BCUT2D eigenvalue weighted by Gasteiger charge is 2.13. The number of aromatic nitrogens is 5. The summed E-state index contributed by atoms with van der Waals surface area (Å²) in [5.74, 6) is 2.02. The Kier molecular flexibility index (Phi) is 6.21. The maximum absolute atomic E-state index is 8.69. The van der Waals surface area contributed by atoms with Crippen LogP contribution >= 0.6 is 0 Å². The quantitative estimate of drug-likeness (QED) is 0.318. The minimum Gasteiger partial charge on any atom is -0.393 e. The number of nitrogens with two attached hydrogens (primary N) is 1. The molecule has 4 rings (SSSR count). The number of hydrogen-bond acceptors (Lipinski definition) is 9. The highest BCUT2D eigenvalue weighted by atomic mass is 15.2. The third kappa shape index (κ3) is 4.93. The summed E-state index contributed by atoms with van der Waals surface area (Å²) in [6.45, 7) is 4.22. The first-order valence-electron chi connectivity index (χ1n) is 10.5. The van der Waals surface area contributed by atoms with Crippen LogP contribution in [0, 0.1) is 5.41 Å². The van der Waals surface area contributed by atoms with E-state index in [0.29, 0.717) is 45.7 Å². The number of fused-ring (bicyclic) bond motifs is 1. The third-order valence-electron chi connectivity index (χ3n) is 5.08. The Labute approximate surface area is 191 Å². The molecule has 0 unspecified atom stereocenters. The standard InChI is InChI=1S/C24H25N9/c1-14(2)16-9-23(33-30-12-16)32-22-7-5-19-20(31-22)8-17(11-28-19)18(13-27-3)24(26)15-4-6-21(25)29-10-15/h4-14,26-27H,1-3H3,(H2,25,29)(H,31,32,33)/b18-13-,26-24?. The summed E-state index contributed by atoms with van der Waals surface area (Å²) in [6.07, 6.45) is 6.84. The molecule has 0 atom stereocenters. The number of anilines is 3. The van der Waals surface area contributed by atoms with Gasteiger partial charge in [-0.2, -0.15) is 5.10 Å². The molecule has 0 aliphatic heterocycles. The van der Waals surface area contributed by atoms with Crippen molar-refractivity contribution in [3.05, 3.63) is 77.9 Å². The summed E-state index contributed by atoms with van der Waals surface area (Å²) in [6, 6.07) is 11.1. The number of nitrogens with one attached hydrogen (secondary N) is 3. The van der Waals surface area contributed by atoms with Gasteiger partial charge in [-0.3, -0.25) is 10.4 Å². The summed E-state index contributed by atoms with van der Waals surface area (Å²) >= 11 is 0. The van der Waals surface area contributed by atoms with Crippen molar-refractivity contribution in [3.63, 3.8) is 0 Å². The number of nitrogens with zero attached hydrogens (tertiary/aromatic N) is 5. The predicted octanol–water partition coefficient (Wildman–Crippen LogP) is 3.89. The van der Waals surface area contributed by atoms with Gasteiger partial charge in [0.1, 0.15) is 11.6 Å². The SMILES string of the molecule is CN/C=C(\C(=N)c1ccc(N)nc1)c1cnc2ccc(Nc3cc(C(C)C)cnn3)nc2c1. The van der Waals surface area contributed by atoms with E-state index in [1.165, 1.54) is 0 Å². The molecule has 4 aromatic heterocycles. The van der Waals surface area contributed by atoms with Gasteiger partial charge in [-0.05, 0) is 47.9 Å². The lowest BCUT2D eigenvalue weighted by Gasteiger charge is -2.12. The smallest absolute Gasteiger partial charge is 0.154 e. The van der Waals surface area contributed by atoms with Crippen molar-refractivity contribution in [1.82, 2.24) is 30.5 Å². The summed E-state index contributed by atoms with van der Waals surface area (Å²) < 4.78 is 0. The van der Waals surface area contributed by atoms with Crippen LogP contribution in [0.1, 0.15) is 36.5 Å². The van der Waals surface area contributed by atoms with E-state index in [-0.39, 0.29) is 0 Å². The molecule has 0 spiro atoms. The van der Waals surface area contributed by atoms with Crippen LogP contribution in [-0.4, -0.2) is 37.9 Å². The molecular weight excluding hydrogens is 414 g/mol. The van der Waals surface area contributed by atoms with Crippen molar-refractivity contribution in [2.45, 2.75) is 19.8 Å². The molecule has 0 aromatic carbocycles. The molecule has 4 heterocycles. The van der Waals surface area contributed by atoms with Crippen LogP contribution in [0.5, 0.6) is 0 Å². The largest absolute Gasteiger partial charge is 0.393 e. The fourth-order valence-electron chi connectivity index (χ4n) is 3.27.